The van der Waals surface area contributed by atoms with Crippen molar-refractivity contribution in [2.75, 3.05) is 18.1 Å². The molecule has 9 nitrogen and oxygen atoms in total. The molecule has 190 valence electrons. The van der Waals surface area contributed by atoms with E-state index in [0.29, 0.717) is 23.9 Å². The van der Waals surface area contributed by atoms with Crippen molar-refractivity contribution in [2.24, 2.45) is 28.1 Å². The number of nitrogens with one attached hydrogen (secondary N) is 1. The molecule has 2 aliphatic carbocycles. The molecule has 35 heavy (non-hydrogen) atoms. The summed E-state index contributed by atoms with van der Waals surface area (Å²) in [6, 6.07) is 4.24. The zero-order chi connectivity index (χ0) is 25.3. The Hall–Kier alpha value is -2.40. The van der Waals surface area contributed by atoms with Crippen LogP contribution in [0.25, 0.3) is 0 Å². The molecule has 1 aromatic rings. The first-order valence-electron chi connectivity index (χ1n) is 12.0. The summed E-state index contributed by atoms with van der Waals surface area (Å²) in [5.74, 6) is -0.132. The summed E-state index contributed by atoms with van der Waals surface area (Å²) in [6.07, 6.45) is 4.87. The minimum Gasteiger partial charge on any atom is -0.511 e. The van der Waals surface area contributed by atoms with Crippen LogP contribution in [0.4, 0.5) is 5.69 Å². The van der Waals surface area contributed by atoms with Gasteiger partial charge in [0.15, 0.2) is 15.7 Å². The van der Waals surface area contributed by atoms with E-state index >= 15 is 0 Å². The van der Waals surface area contributed by atoms with Crippen molar-refractivity contribution in [3.05, 3.63) is 35.1 Å². The Bertz CT molecular complexity index is 1360. The third kappa shape index (κ3) is 4.26. The second kappa shape index (κ2) is 8.33. The average Bonchev–Trinajstić information content (AvgIpc) is 3.35. The maximum absolute atomic E-state index is 13.7. The van der Waals surface area contributed by atoms with Gasteiger partial charge in [-0.15, -0.1) is 4.40 Å². The summed E-state index contributed by atoms with van der Waals surface area (Å²) in [5, 5.41) is 14.3. The lowest BCUT2D eigenvalue weighted by Crippen LogP contribution is -2.54. The number of fused-ring (bicyclic) bond motifs is 6. The standard InChI is InChI=1S/C24H31N3O6S2/c1-13(2)8-9-27-21-16-6-5-15(11-16)19(21)22(28)20(24(27)29)23-25-17-7-4-14(12-34(3,30)31)10-18(17)35(32,33)26-23/h4,7,10,13,15-16,19,21,28H,5-6,8-9,11-12H2,1-3H3,(H,25,26)/t15-,16+,19?,21?/m1/s1. The Kier molecular flexibility index (Phi) is 5.78. The maximum Gasteiger partial charge on any atom is 0.286 e. The fourth-order valence-corrected chi connectivity index (χ4v) is 8.18. The lowest BCUT2D eigenvalue weighted by molar-refractivity contribution is -0.133. The van der Waals surface area contributed by atoms with Crippen LogP contribution in [0, 0.1) is 23.7 Å². The summed E-state index contributed by atoms with van der Waals surface area (Å²) in [6.45, 7) is 4.73. The van der Waals surface area contributed by atoms with Crippen LogP contribution >= 0.6 is 0 Å². The number of carbonyl (C=O) groups is 1. The number of rotatable bonds is 6. The van der Waals surface area contributed by atoms with Gasteiger partial charge in [-0.25, -0.2) is 8.42 Å². The number of carbonyl (C=O) groups excluding carboxylic acids is 1. The van der Waals surface area contributed by atoms with Crippen molar-refractivity contribution in [1.82, 2.24) is 4.90 Å². The molecule has 2 aliphatic heterocycles. The Morgan fingerprint density at radius 2 is 1.94 bits per heavy atom. The average molecular weight is 522 g/mol. The molecule has 11 heteroatoms. The van der Waals surface area contributed by atoms with Crippen molar-refractivity contribution in [3.8, 4) is 0 Å². The zero-order valence-electron chi connectivity index (χ0n) is 20.1. The van der Waals surface area contributed by atoms with E-state index < -0.39 is 25.8 Å². The number of anilines is 1. The van der Waals surface area contributed by atoms with Gasteiger partial charge in [0.2, 0.25) is 0 Å². The van der Waals surface area contributed by atoms with E-state index in [2.05, 4.69) is 23.6 Å². The van der Waals surface area contributed by atoms with Crippen molar-refractivity contribution in [3.63, 3.8) is 0 Å². The minimum atomic E-state index is -4.23. The quantitative estimate of drug-likeness (QED) is 0.588. The number of hydrogen-bond donors (Lipinski definition) is 2. The van der Waals surface area contributed by atoms with E-state index in [9.17, 15) is 26.7 Å². The first-order chi connectivity index (χ1) is 16.4. The molecule has 2 heterocycles. The lowest BCUT2D eigenvalue weighted by Gasteiger charge is -2.44. The van der Waals surface area contributed by atoms with E-state index in [1.807, 2.05) is 4.90 Å². The second-order valence-corrected chi connectivity index (χ2v) is 14.4. The first kappa shape index (κ1) is 24.3. The molecule has 2 bridgehead atoms. The Labute approximate surface area is 206 Å². The largest absolute Gasteiger partial charge is 0.511 e. The SMILES string of the molecule is CC(C)CCN1C(=O)C(C2=NS(=O)(=O)c3cc(CS(C)(=O)=O)ccc3N2)=C(O)C2C1[C@H]1CC[C@@H]2C1. The summed E-state index contributed by atoms with van der Waals surface area (Å²) >= 11 is 0. The smallest absolute Gasteiger partial charge is 0.286 e. The van der Waals surface area contributed by atoms with Crippen LogP contribution < -0.4 is 5.32 Å². The molecular weight excluding hydrogens is 490 g/mol. The number of aliphatic hydroxyl groups is 1. The summed E-state index contributed by atoms with van der Waals surface area (Å²) in [7, 11) is -7.58. The van der Waals surface area contributed by atoms with Gasteiger partial charge in [0, 0.05) is 24.8 Å². The van der Waals surface area contributed by atoms with Gasteiger partial charge >= 0.3 is 0 Å². The van der Waals surface area contributed by atoms with E-state index in [-0.39, 0.29) is 51.4 Å². The third-order valence-corrected chi connectivity index (χ3v) is 9.85. The molecule has 1 aromatic carbocycles. The van der Waals surface area contributed by atoms with E-state index in [0.717, 1.165) is 31.9 Å². The molecule has 2 unspecified atom stereocenters. The number of sulfone groups is 1. The summed E-state index contributed by atoms with van der Waals surface area (Å²) in [4.78, 5) is 15.4. The third-order valence-electron chi connectivity index (χ3n) is 7.68. The van der Waals surface area contributed by atoms with Gasteiger partial charge in [-0.3, -0.25) is 4.79 Å². The number of amides is 1. The predicted molar refractivity (Wildman–Crippen MR) is 132 cm³/mol. The number of amidine groups is 1. The van der Waals surface area contributed by atoms with Gasteiger partial charge in [-0.1, -0.05) is 19.9 Å². The first-order valence-corrected chi connectivity index (χ1v) is 15.5. The number of aliphatic hydroxyl groups excluding tert-OH is 1. The van der Waals surface area contributed by atoms with Gasteiger partial charge in [-0.2, -0.15) is 8.42 Å². The molecule has 0 aromatic heterocycles. The topological polar surface area (TPSA) is 133 Å². The van der Waals surface area contributed by atoms with Crippen molar-refractivity contribution in [2.45, 2.75) is 56.2 Å². The lowest BCUT2D eigenvalue weighted by atomic mass is 9.77. The Morgan fingerprint density at radius 3 is 2.63 bits per heavy atom. The second-order valence-electron chi connectivity index (χ2n) is 10.7. The van der Waals surface area contributed by atoms with Crippen LogP contribution in [0.2, 0.25) is 0 Å². The van der Waals surface area contributed by atoms with Crippen molar-refractivity contribution < 1.29 is 26.7 Å². The highest BCUT2D eigenvalue weighted by molar-refractivity contribution is 7.90. The monoisotopic (exact) mass is 521 g/mol. The summed E-state index contributed by atoms with van der Waals surface area (Å²) < 4.78 is 53.4. The zero-order valence-corrected chi connectivity index (χ0v) is 21.7. The highest BCUT2D eigenvalue weighted by Crippen LogP contribution is 2.55. The minimum absolute atomic E-state index is 0.0598. The van der Waals surface area contributed by atoms with Crippen LogP contribution in [-0.4, -0.2) is 57.4 Å². The van der Waals surface area contributed by atoms with Gasteiger partial charge in [0.05, 0.1) is 11.4 Å². The predicted octanol–water partition coefficient (Wildman–Crippen LogP) is 2.86. The molecule has 0 spiro atoms. The van der Waals surface area contributed by atoms with E-state index in [1.165, 1.54) is 18.2 Å². The molecule has 4 aliphatic rings. The van der Waals surface area contributed by atoms with E-state index in [4.69, 9.17) is 0 Å². The van der Waals surface area contributed by atoms with Crippen LogP contribution in [0.5, 0.6) is 0 Å². The molecule has 0 saturated heterocycles. The number of hydrogen-bond acceptors (Lipinski definition) is 7. The molecule has 0 radical (unpaired) electrons. The van der Waals surface area contributed by atoms with Crippen LogP contribution in [0.1, 0.15) is 45.1 Å². The van der Waals surface area contributed by atoms with Crippen LogP contribution in [0.15, 0.2) is 38.8 Å². The molecule has 1 amide bonds. The summed E-state index contributed by atoms with van der Waals surface area (Å²) in [5.41, 5.74) is 0.455. The number of sulfonamides is 1. The van der Waals surface area contributed by atoms with Gasteiger partial charge < -0.3 is 15.3 Å². The fourth-order valence-electron chi connectivity index (χ4n) is 6.22. The van der Waals surface area contributed by atoms with Gasteiger partial charge in [-0.05, 0) is 61.1 Å². The van der Waals surface area contributed by atoms with Gasteiger partial charge in [0.1, 0.15) is 16.2 Å². The van der Waals surface area contributed by atoms with E-state index in [1.54, 1.807) is 0 Å². The van der Waals surface area contributed by atoms with Crippen molar-refractivity contribution in [1.29, 1.82) is 0 Å². The molecule has 2 N–H and O–H groups in total. The van der Waals surface area contributed by atoms with Crippen molar-refractivity contribution >= 4 is 37.3 Å². The fraction of sp³-hybridized carbons (Fsp3) is 0.583. The Balaban J connectivity index is 1.55. The Morgan fingerprint density at radius 1 is 1.23 bits per heavy atom. The molecule has 2 fully saturated rings. The van der Waals surface area contributed by atoms with Gasteiger partial charge in [0.25, 0.3) is 15.9 Å². The molecule has 4 atom stereocenters. The van der Waals surface area contributed by atoms with Crippen LogP contribution in [-0.2, 0) is 30.4 Å². The molecule has 5 rings (SSSR count). The normalized spacial score (nSPS) is 29.2. The molecule has 2 saturated carbocycles. The number of nitrogens with zero attached hydrogens (tertiary/aromatic N) is 2. The highest BCUT2D eigenvalue weighted by atomic mass is 32.2. The highest BCUT2D eigenvalue weighted by Gasteiger charge is 2.57. The van der Waals surface area contributed by atoms with Crippen LogP contribution in [0.3, 0.4) is 0 Å². The maximum atomic E-state index is 13.7. The molecular formula is C24H31N3O6S2. The number of benzene rings is 1.